The number of nitrogens with one attached hydrogen (secondary N) is 1. The largest absolute Gasteiger partial charge is 0.384 e. The molecule has 0 saturated heterocycles. The highest BCUT2D eigenvalue weighted by molar-refractivity contribution is 7.99. The predicted molar refractivity (Wildman–Crippen MR) is 81.5 cm³/mol. The minimum absolute atomic E-state index is 0.0532. The van der Waals surface area contributed by atoms with Gasteiger partial charge in [-0.1, -0.05) is 31.5 Å². The fourth-order valence-electron chi connectivity index (χ4n) is 2.54. The third-order valence-electron chi connectivity index (χ3n) is 3.64. The van der Waals surface area contributed by atoms with Gasteiger partial charge in [0.25, 0.3) is 0 Å². The number of hydrogen-bond donors (Lipinski definition) is 2. The Bertz CT molecular complexity index is 460. The van der Waals surface area contributed by atoms with E-state index in [4.69, 9.17) is 5.73 Å². The van der Waals surface area contributed by atoms with Crippen molar-refractivity contribution in [2.45, 2.75) is 50.7 Å². The summed E-state index contributed by atoms with van der Waals surface area (Å²) in [5.74, 6) is 1.41. The number of nitrogens with two attached hydrogens (primary N) is 1. The Labute approximate surface area is 124 Å². The lowest BCUT2D eigenvalue weighted by atomic mass is 9.86. The number of amides is 1. The first-order valence-corrected chi connectivity index (χ1v) is 8.06. The maximum absolute atomic E-state index is 12.0. The summed E-state index contributed by atoms with van der Waals surface area (Å²) in [4.78, 5) is 20.4. The van der Waals surface area contributed by atoms with Gasteiger partial charge in [0.05, 0.1) is 5.75 Å². The molecule has 3 N–H and O–H groups in total. The lowest BCUT2D eigenvalue weighted by molar-refractivity contribution is -0.119. The van der Waals surface area contributed by atoms with E-state index < -0.39 is 0 Å². The Morgan fingerprint density at radius 1 is 1.45 bits per heavy atom. The molecule has 5 nitrogen and oxygen atoms in total. The number of anilines is 1. The van der Waals surface area contributed by atoms with Gasteiger partial charge in [-0.15, -0.1) is 0 Å². The highest BCUT2D eigenvalue weighted by atomic mass is 32.2. The molecule has 0 bridgehead atoms. The molecule has 110 valence electrons. The number of carbonyl (C=O) groups is 1. The molecule has 1 aliphatic carbocycles. The van der Waals surface area contributed by atoms with Gasteiger partial charge in [0, 0.05) is 17.8 Å². The Kier molecular flexibility index (Phi) is 5.23. The standard InChI is InChI=1S/C14H22N4OS/c1-9-5-3-4-6-11(9)17-13(19)8-20-14-16-10(2)7-12(15)18-14/h7,9,11H,3-6,8H2,1-2H3,(H,17,19)(H2,15,16,18)/t9-,11+/m1/s1. The van der Waals surface area contributed by atoms with E-state index in [1.165, 1.54) is 31.0 Å². The van der Waals surface area contributed by atoms with E-state index >= 15 is 0 Å². The average molecular weight is 294 g/mol. The van der Waals surface area contributed by atoms with Crippen molar-refractivity contribution in [1.29, 1.82) is 0 Å². The maximum Gasteiger partial charge on any atom is 0.230 e. The first kappa shape index (κ1) is 15.1. The summed E-state index contributed by atoms with van der Waals surface area (Å²) in [6.07, 6.45) is 4.78. The quantitative estimate of drug-likeness (QED) is 0.657. The van der Waals surface area contributed by atoms with Crippen molar-refractivity contribution in [3.63, 3.8) is 0 Å². The summed E-state index contributed by atoms with van der Waals surface area (Å²) in [5.41, 5.74) is 6.49. The second-order valence-electron chi connectivity index (χ2n) is 5.44. The van der Waals surface area contributed by atoms with Crippen molar-refractivity contribution in [3.05, 3.63) is 11.8 Å². The van der Waals surface area contributed by atoms with Gasteiger partial charge >= 0.3 is 0 Å². The van der Waals surface area contributed by atoms with E-state index in [2.05, 4.69) is 22.2 Å². The summed E-state index contributed by atoms with van der Waals surface area (Å²) < 4.78 is 0. The van der Waals surface area contributed by atoms with Crippen LogP contribution in [0.15, 0.2) is 11.2 Å². The van der Waals surface area contributed by atoms with Crippen molar-refractivity contribution in [3.8, 4) is 0 Å². The number of thioether (sulfide) groups is 1. The third-order valence-corrected chi connectivity index (χ3v) is 4.49. The Balaban J connectivity index is 1.82. The molecule has 0 aromatic carbocycles. The van der Waals surface area contributed by atoms with E-state index in [1.54, 1.807) is 6.07 Å². The van der Waals surface area contributed by atoms with Crippen molar-refractivity contribution >= 4 is 23.5 Å². The number of aromatic nitrogens is 2. The molecule has 2 rings (SSSR count). The molecule has 20 heavy (non-hydrogen) atoms. The molecule has 0 aliphatic heterocycles. The van der Waals surface area contributed by atoms with E-state index in [1.807, 2.05) is 6.92 Å². The Morgan fingerprint density at radius 2 is 2.20 bits per heavy atom. The highest BCUT2D eigenvalue weighted by Gasteiger charge is 2.22. The van der Waals surface area contributed by atoms with Crippen molar-refractivity contribution in [2.24, 2.45) is 5.92 Å². The van der Waals surface area contributed by atoms with Crippen molar-refractivity contribution in [1.82, 2.24) is 15.3 Å². The second-order valence-corrected chi connectivity index (χ2v) is 6.38. The van der Waals surface area contributed by atoms with Crippen LogP contribution in [0.1, 0.15) is 38.3 Å². The van der Waals surface area contributed by atoms with Crippen molar-refractivity contribution in [2.75, 3.05) is 11.5 Å². The van der Waals surface area contributed by atoms with Gasteiger partial charge in [0.2, 0.25) is 5.91 Å². The second kappa shape index (κ2) is 6.92. The summed E-state index contributed by atoms with van der Waals surface area (Å²) in [6.45, 7) is 4.08. The molecule has 1 saturated carbocycles. The van der Waals surface area contributed by atoms with Crippen LogP contribution in [0.3, 0.4) is 0 Å². The van der Waals surface area contributed by atoms with Crippen LogP contribution in [0.4, 0.5) is 5.82 Å². The minimum Gasteiger partial charge on any atom is -0.384 e. The number of nitrogens with zero attached hydrogens (tertiary/aromatic N) is 2. The van der Waals surface area contributed by atoms with Crippen LogP contribution in [-0.2, 0) is 4.79 Å². The minimum atomic E-state index is 0.0532. The normalized spacial score (nSPS) is 22.5. The number of aryl methyl sites for hydroxylation is 1. The zero-order valence-corrected chi connectivity index (χ0v) is 12.9. The van der Waals surface area contributed by atoms with Crippen LogP contribution in [0.25, 0.3) is 0 Å². The van der Waals surface area contributed by atoms with Gasteiger partial charge in [0.1, 0.15) is 5.82 Å². The summed E-state index contributed by atoms with van der Waals surface area (Å²) >= 11 is 1.33. The lowest BCUT2D eigenvalue weighted by Gasteiger charge is -2.29. The van der Waals surface area contributed by atoms with Crippen LogP contribution >= 0.6 is 11.8 Å². The van der Waals surface area contributed by atoms with Crippen LogP contribution in [0.2, 0.25) is 0 Å². The Morgan fingerprint density at radius 3 is 2.90 bits per heavy atom. The molecule has 0 radical (unpaired) electrons. The lowest BCUT2D eigenvalue weighted by Crippen LogP contribution is -2.41. The highest BCUT2D eigenvalue weighted by Crippen LogP contribution is 2.24. The molecule has 1 fully saturated rings. The number of rotatable bonds is 4. The fraction of sp³-hybridized carbons (Fsp3) is 0.643. The molecule has 1 heterocycles. The molecule has 1 aromatic heterocycles. The molecule has 6 heteroatoms. The molecular formula is C14H22N4OS. The summed E-state index contributed by atoms with van der Waals surface area (Å²) in [5, 5.41) is 3.69. The smallest absolute Gasteiger partial charge is 0.230 e. The summed E-state index contributed by atoms with van der Waals surface area (Å²) in [6, 6.07) is 2.04. The number of hydrogen-bond acceptors (Lipinski definition) is 5. The zero-order chi connectivity index (χ0) is 14.5. The average Bonchev–Trinajstić information content (AvgIpc) is 2.38. The molecule has 1 amide bonds. The van der Waals surface area contributed by atoms with Crippen molar-refractivity contribution < 1.29 is 4.79 Å². The fourth-order valence-corrected chi connectivity index (χ4v) is 3.26. The van der Waals surface area contributed by atoms with E-state index in [0.717, 1.165) is 12.1 Å². The SMILES string of the molecule is Cc1cc(N)nc(SCC(=O)N[C@H]2CCCC[C@H]2C)n1. The van der Waals surface area contributed by atoms with Crippen LogP contribution in [-0.4, -0.2) is 27.7 Å². The Hall–Kier alpha value is -1.30. The monoisotopic (exact) mass is 294 g/mol. The summed E-state index contributed by atoms with van der Waals surface area (Å²) in [7, 11) is 0. The number of nitrogen functional groups attached to an aromatic ring is 1. The van der Waals surface area contributed by atoms with Gasteiger partial charge in [-0.2, -0.15) is 0 Å². The third kappa shape index (κ3) is 4.37. The molecule has 0 unspecified atom stereocenters. The van der Waals surface area contributed by atoms with Gasteiger partial charge in [-0.3, -0.25) is 4.79 Å². The van der Waals surface area contributed by atoms with Crippen LogP contribution in [0.5, 0.6) is 0 Å². The molecule has 1 aromatic rings. The molecule has 0 spiro atoms. The first-order chi connectivity index (χ1) is 9.54. The van der Waals surface area contributed by atoms with Gasteiger partial charge in [0.15, 0.2) is 5.16 Å². The van der Waals surface area contributed by atoms with E-state index in [-0.39, 0.29) is 5.91 Å². The van der Waals surface area contributed by atoms with Gasteiger partial charge in [-0.05, 0) is 25.7 Å². The molecule has 1 aliphatic rings. The van der Waals surface area contributed by atoms with Crippen LogP contribution < -0.4 is 11.1 Å². The molecule has 2 atom stereocenters. The van der Waals surface area contributed by atoms with E-state index in [9.17, 15) is 4.79 Å². The van der Waals surface area contributed by atoms with E-state index in [0.29, 0.717) is 28.7 Å². The first-order valence-electron chi connectivity index (χ1n) is 7.08. The van der Waals surface area contributed by atoms with Gasteiger partial charge in [-0.25, -0.2) is 9.97 Å². The topological polar surface area (TPSA) is 80.9 Å². The predicted octanol–water partition coefficient (Wildman–Crippen LogP) is 2.15. The zero-order valence-electron chi connectivity index (χ0n) is 12.1. The van der Waals surface area contributed by atoms with Crippen LogP contribution in [0, 0.1) is 12.8 Å². The maximum atomic E-state index is 12.0. The number of carbonyl (C=O) groups excluding carboxylic acids is 1. The van der Waals surface area contributed by atoms with Gasteiger partial charge < -0.3 is 11.1 Å². The molecular weight excluding hydrogens is 272 g/mol.